The minimum Gasteiger partial charge on any atom is -0.351 e. The highest BCUT2D eigenvalue weighted by Gasteiger charge is 2.09. The number of hydrogen-bond donors (Lipinski definition) is 3. The second kappa shape index (κ2) is 7.59. The molecule has 0 aliphatic rings. The second-order valence-electron chi connectivity index (χ2n) is 4.43. The summed E-state index contributed by atoms with van der Waals surface area (Å²) < 4.78 is 24.5. The second-order valence-corrected chi connectivity index (χ2v) is 5.49. The van der Waals surface area contributed by atoms with Crippen LogP contribution < -0.4 is 16.4 Å². The first-order valence-corrected chi connectivity index (χ1v) is 7.35. The lowest BCUT2D eigenvalue weighted by Gasteiger charge is -2.08. The first-order chi connectivity index (χ1) is 10.9. The lowest BCUT2D eigenvalue weighted by molar-refractivity contribution is 0.102. The zero-order valence-corrected chi connectivity index (χ0v) is 12.6. The summed E-state index contributed by atoms with van der Waals surface area (Å²) in [5.41, 5.74) is 6.26. The van der Waals surface area contributed by atoms with Crippen LogP contribution in [0.25, 0.3) is 0 Å². The summed E-state index contributed by atoms with van der Waals surface area (Å²) in [5.74, 6) is -2.90. The molecule has 0 spiro atoms. The molecule has 2 aromatic carbocycles. The summed E-state index contributed by atoms with van der Waals surface area (Å²) in [6.07, 6.45) is 0. The van der Waals surface area contributed by atoms with E-state index in [1.54, 1.807) is 24.3 Å². The van der Waals surface area contributed by atoms with Crippen molar-refractivity contribution in [1.82, 2.24) is 0 Å². The summed E-state index contributed by atoms with van der Waals surface area (Å²) in [7, 11) is 0. The van der Waals surface area contributed by atoms with Gasteiger partial charge in [0, 0.05) is 21.8 Å². The van der Waals surface area contributed by atoms with Crippen LogP contribution in [0, 0.1) is 0 Å². The Hall–Kier alpha value is -2.61. The van der Waals surface area contributed by atoms with Gasteiger partial charge in [0.2, 0.25) is 0 Å². The van der Waals surface area contributed by atoms with E-state index in [4.69, 9.17) is 5.73 Å². The maximum atomic E-state index is 12.2. The van der Waals surface area contributed by atoms with E-state index in [-0.39, 0.29) is 0 Å². The summed E-state index contributed by atoms with van der Waals surface area (Å²) in [6.45, 7) is 0. The molecule has 0 aliphatic carbocycles. The van der Waals surface area contributed by atoms with E-state index < -0.39 is 17.7 Å². The molecule has 5 nitrogen and oxygen atoms in total. The Kier molecular flexibility index (Phi) is 5.53. The van der Waals surface area contributed by atoms with Gasteiger partial charge in [-0.15, -0.1) is 0 Å². The standard InChI is InChI=1S/C15H13F2N3O2S/c16-14(17)23-12-6-4-9(5-7-12)13(21)19-10-2-1-3-11(8-10)20-15(18)22/h1-8,14H,(H,19,21)(H3,18,20,22). The zero-order chi connectivity index (χ0) is 16.8. The van der Waals surface area contributed by atoms with Crippen molar-refractivity contribution in [1.29, 1.82) is 0 Å². The quantitative estimate of drug-likeness (QED) is 0.727. The molecule has 3 amide bonds. The topological polar surface area (TPSA) is 84.2 Å². The highest BCUT2D eigenvalue weighted by atomic mass is 32.2. The van der Waals surface area contributed by atoms with Crippen LogP contribution in [0.5, 0.6) is 0 Å². The molecule has 8 heteroatoms. The fourth-order valence-electron chi connectivity index (χ4n) is 1.81. The van der Waals surface area contributed by atoms with Crippen LogP contribution in [0.2, 0.25) is 0 Å². The van der Waals surface area contributed by atoms with Crippen LogP contribution >= 0.6 is 11.8 Å². The Morgan fingerprint density at radius 2 is 1.61 bits per heavy atom. The number of nitrogens with two attached hydrogens (primary N) is 1. The van der Waals surface area contributed by atoms with E-state index in [0.717, 1.165) is 0 Å². The van der Waals surface area contributed by atoms with E-state index in [1.165, 1.54) is 24.3 Å². The van der Waals surface area contributed by atoms with E-state index in [9.17, 15) is 18.4 Å². The SMILES string of the molecule is NC(=O)Nc1cccc(NC(=O)c2ccc(SC(F)F)cc2)c1. The van der Waals surface area contributed by atoms with Gasteiger partial charge in [-0.2, -0.15) is 8.78 Å². The number of carbonyl (C=O) groups excluding carboxylic acids is 2. The lowest BCUT2D eigenvalue weighted by Crippen LogP contribution is -2.19. The highest BCUT2D eigenvalue weighted by Crippen LogP contribution is 2.25. The number of urea groups is 1. The van der Waals surface area contributed by atoms with Crippen LogP contribution in [0.4, 0.5) is 25.0 Å². The van der Waals surface area contributed by atoms with E-state index in [1.807, 2.05) is 0 Å². The molecule has 2 aromatic rings. The maximum absolute atomic E-state index is 12.2. The molecule has 0 fully saturated rings. The van der Waals surface area contributed by atoms with Gasteiger partial charge in [-0.3, -0.25) is 4.79 Å². The Morgan fingerprint density at radius 1 is 1.00 bits per heavy atom. The Labute approximate surface area is 135 Å². The molecule has 0 atom stereocenters. The number of alkyl halides is 2. The Morgan fingerprint density at radius 3 is 2.17 bits per heavy atom. The fraction of sp³-hybridized carbons (Fsp3) is 0.0667. The first kappa shape index (κ1) is 16.8. The highest BCUT2D eigenvalue weighted by molar-refractivity contribution is 7.99. The monoisotopic (exact) mass is 337 g/mol. The smallest absolute Gasteiger partial charge is 0.316 e. The first-order valence-electron chi connectivity index (χ1n) is 6.47. The predicted octanol–water partition coefficient (Wildman–Crippen LogP) is 3.74. The van der Waals surface area contributed by atoms with E-state index >= 15 is 0 Å². The van der Waals surface area contributed by atoms with Crippen molar-refractivity contribution < 1.29 is 18.4 Å². The molecular weight excluding hydrogens is 324 g/mol. The van der Waals surface area contributed by atoms with E-state index in [2.05, 4.69) is 10.6 Å². The van der Waals surface area contributed by atoms with Crippen LogP contribution in [0.1, 0.15) is 10.4 Å². The number of primary amides is 1. The minimum atomic E-state index is -2.50. The third-order valence-corrected chi connectivity index (χ3v) is 3.45. The number of rotatable bonds is 5. The number of nitrogens with one attached hydrogen (secondary N) is 2. The Bertz CT molecular complexity index is 708. The summed E-state index contributed by atoms with van der Waals surface area (Å²) >= 11 is 0.413. The van der Waals surface area contributed by atoms with Gasteiger partial charge in [-0.05, 0) is 42.5 Å². The molecule has 0 aromatic heterocycles. The van der Waals surface area contributed by atoms with Crippen LogP contribution in [-0.2, 0) is 0 Å². The summed E-state index contributed by atoms with van der Waals surface area (Å²) in [5, 5.41) is 5.04. The number of hydrogen-bond acceptors (Lipinski definition) is 3. The number of carbonyl (C=O) groups is 2. The fourth-order valence-corrected chi connectivity index (χ4v) is 2.31. The summed E-state index contributed by atoms with van der Waals surface area (Å²) in [6, 6.07) is 11.6. The zero-order valence-electron chi connectivity index (χ0n) is 11.8. The molecule has 0 aliphatic heterocycles. The van der Waals surface area contributed by atoms with Crippen molar-refractivity contribution in [2.45, 2.75) is 10.7 Å². The van der Waals surface area contributed by atoms with Crippen molar-refractivity contribution in [3.63, 3.8) is 0 Å². The van der Waals surface area contributed by atoms with Crippen molar-refractivity contribution in [2.24, 2.45) is 5.73 Å². The largest absolute Gasteiger partial charge is 0.351 e. The van der Waals surface area contributed by atoms with Crippen LogP contribution in [-0.4, -0.2) is 17.7 Å². The number of anilines is 2. The van der Waals surface area contributed by atoms with Gasteiger partial charge in [0.1, 0.15) is 0 Å². The molecule has 0 saturated heterocycles. The minimum absolute atomic E-state index is 0.330. The number of thioether (sulfide) groups is 1. The molecule has 23 heavy (non-hydrogen) atoms. The molecule has 0 bridgehead atoms. The third-order valence-electron chi connectivity index (χ3n) is 2.73. The van der Waals surface area contributed by atoms with Gasteiger partial charge >= 0.3 is 6.03 Å². The molecule has 0 heterocycles. The number of benzene rings is 2. The molecular formula is C15H13F2N3O2S. The number of halogens is 2. The van der Waals surface area contributed by atoms with Crippen molar-refractivity contribution in [3.8, 4) is 0 Å². The average molecular weight is 337 g/mol. The molecule has 0 saturated carbocycles. The average Bonchev–Trinajstić information content (AvgIpc) is 2.47. The maximum Gasteiger partial charge on any atom is 0.316 e. The van der Waals surface area contributed by atoms with Crippen LogP contribution in [0.15, 0.2) is 53.4 Å². The normalized spacial score (nSPS) is 10.4. The molecule has 0 radical (unpaired) electrons. The van der Waals surface area contributed by atoms with Gasteiger partial charge in [0.25, 0.3) is 11.7 Å². The molecule has 0 unspecified atom stereocenters. The van der Waals surface area contributed by atoms with Gasteiger partial charge in [0.15, 0.2) is 0 Å². The van der Waals surface area contributed by atoms with E-state index in [0.29, 0.717) is 33.6 Å². The van der Waals surface area contributed by atoms with Gasteiger partial charge < -0.3 is 16.4 Å². The molecule has 2 rings (SSSR count). The predicted molar refractivity (Wildman–Crippen MR) is 85.9 cm³/mol. The van der Waals surface area contributed by atoms with Crippen molar-refractivity contribution >= 4 is 35.1 Å². The molecule has 4 N–H and O–H groups in total. The Balaban J connectivity index is 2.05. The van der Waals surface area contributed by atoms with Gasteiger partial charge in [-0.1, -0.05) is 17.8 Å². The lowest BCUT2D eigenvalue weighted by atomic mass is 10.2. The molecule has 120 valence electrons. The van der Waals surface area contributed by atoms with Crippen molar-refractivity contribution in [3.05, 3.63) is 54.1 Å². The van der Waals surface area contributed by atoms with Crippen LogP contribution in [0.3, 0.4) is 0 Å². The summed E-state index contributed by atoms with van der Waals surface area (Å²) in [4.78, 5) is 23.3. The van der Waals surface area contributed by atoms with Crippen molar-refractivity contribution in [2.75, 3.05) is 10.6 Å². The number of amides is 3. The van der Waals surface area contributed by atoms with Gasteiger partial charge in [-0.25, -0.2) is 4.79 Å². The third kappa shape index (κ3) is 5.26. The van der Waals surface area contributed by atoms with Gasteiger partial charge in [0.05, 0.1) is 0 Å².